The zero-order chi connectivity index (χ0) is 24.2. The smallest absolute Gasteiger partial charge is 0.251 e. The largest absolute Gasteiger partial charge is 0.326 e. The highest BCUT2D eigenvalue weighted by Gasteiger charge is 2.37. The minimum Gasteiger partial charge on any atom is -0.326 e. The lowest BCUT2D eigenvalue weighted by atomic mass is 10.0. The van der Waals surface area contributed by atoms with Crippen molar-refractivity contribution in [2.45, 2.75) is 26.3 Å². The van der Waals surface area contributed by atoms with Crippen molar-refractivity contribution in [2.24, 2.45) is 0 Å². The normalized spacial score (nSPS) is 15.1. The first-order chi connectivity index (χ1) is 16.3. The van der Waals surface area contributed by atoms with E-state index in [4.69, 9.17) is 11.6 Å². The molecule has 34 heavy (non-hydrogen) atoms. The average molecular weight is 474 g/mol. The van der Waals surface area contributed by atoms with Crippen molar-refractivity contribution in [2.75, 3.05) is 15.5 Å². The molecular weight excluding hydrogens is 450 g/mol. The fraction of sp³-hybridized carbons (Fsp3) is 0.148. The van der Waals surface area contributed by atoms with Crippen molar-refractivity contribution < 1.29 is 14.4 Å². The highest BCUT2D eigenvalue weighted by molar-refractivity contribution is 6.30. The van der Waals surface area contributed by atoms with Crippen LogP contribution >= 0.6 is 11.6 Å². The molecule has 0 unspecified atom stereocenters. The number of nitrogens with one attached hydrogen (secondary N) is 2. The molecule has 0 aromatic heterocycles. The first-order valence-corrected chi connectivity index (χ1v) is 11.2. The fourth-order valence-electron chi connectivity index (χ4n) is 3.78. The summed E-state index contributed by atoms with van der Waals surface area (Å²) in [7, 11) is 0. The highest BCUT2D eigenvalue weighted by atomic mass is 35.5. The van der Waals surface area contributed by atoms with Crippen LogP contribution in [0.1, 0.15) is 23.1 Å². The van der Waals surface area contributed by atoms with Gasteiger partial charge in [0.05, 0.1) is 17.8 Å². The van der Waals surface area contributed by atoms with Gasteiger partial charge >= 0.3 is 0 Å². The number of rotatable bonds is 5. The second-order valence-electron chi connectivity index (χ2n) is 8.17. The van der Waals surface area contributed by atoms with Crippen molar-refractivity contribution in [1.82, 2.24) is 0 Å². The molecule has 0 bridgehead atoms. The van der Waals surface area contributed by atoms with Gasteiger partial charge in [0.15, 0.2) is 0 Å². The van der Waals surface area contributed by atoms with E-state index in [9.17, 15) is 14.4 Å². The number of carbonyl (C=O) groups is 3. The summed E-state index contributed by atoms with van der Waals surface area (Å²) in [5.41, 5.74) is 4.65. The molecule has 3 aromatic carbocycles. The summed E-state index contributed by atoms with van der Waals surface area (Å²) in [6.07, 6.45) is 2.86. The van der Waals surface area contributed by atoms with Crippen molar-refractivity contribution >= 4 is 52.5 Å². The van der Waals surface area contributed by atoms with Gasteiger partial charge < -0.3 is 10.6 Å². The summed E-state index contributed by atoms with van der Waals surface area (Å²) in [5.74, 6) is -1.18. The van der Waals surface area contributed by atoms with Crippen molar-refractivity contribution in [3.8, 4) is 0 Å². The van der Waals surface area contributed by atoms with Gasteiger partial charge in [-0.05, 0) is 73.0 Å². The minimum atomic E-state index is -0.996. The third kappa shape index (κ3) is 5.18. The van der Waals surface area contributed by atoms with E-state index >= 15 is 0 Å². The summed E-state index contributed by atoms with van der Waals surface area (Å²) in [4.78, 5) is 40.5. The van der Waals surface area contributed by atoms with Crippen LogP contribution in [0.25, 0.3) is 6.08 Å². The molecule has 1 heterocycles. The Labute approximate surface area is 203 Å². The standard InChI is InChI=1S/C27H24ClN3O3/c1-17-7-13-21(15-18(17)2)29-25(32)16-24-27(34)30-22-5-3-4-6-23(22)31(24)26(33)14-10-19-8-11-20(28)12-9-19/h3-15,24H,16H2,1-2H3,(H,29,32)(H,30,34)/b14-10+/t24-/m1/s1. The Morgan fingerprint density at radius 3 is 2.50 bits per heavy atom. The van der Waals surface area contributed by atoms with Gasteiger partial charge in [-0.15, -0.1) is 0 Å². The first kappa shape index (κ1) is 23.3. The molecule has 6 nitrogen and oxygen atoms in total. The Morgan fingerprint density at radius 2 is 1.76 bits per heavy atom. The van der Waals surface area contributed by atoms with Crippen LogP contribution in [0.3, 0.4) is 0 Å². The number of aryl methyl sites for hydroxylation is 2. The molecule has 1 aliphatic rings. The van der Waals surface area contributed by atoms with Crippen LogP contribution in [0, 0.1) is 13.8 Å². The van der Waals surface area contributed by atoms with Crippen LogP contribution in [-0.4, -0.2) is 23.8 Å². The fourth-order valence-corrected chi connectivity index (χ4v) is 3.90. The lowest BCUT2D eigenvalue weighted by Crippen LogP contribution is -2.52. The van der Waals surface area contributed by atoms with E-state index in [-0.39, 0.29) is 12.3 Å². The van der Waals surface area contributed by atoms with Crippen LogP contribution in [0.2, 0.25) is 5.02 Å². The zero-order valence-corrected chi connectivity index (χ0v) is 19.6. The number of hydrogen-bond acceptors (Lipinski definition) is 3. The molecule has 172 valence electrons. The second kappa shape index (κ2) is 9.93. The lowest BCUT2D eigenvalue weighted by Gasteiger charge is -2.35. The molecule has 4 rings (SSSR count). The van der Waals surface area contributed by atoms with Crippen LogP contribution in [0.4, 0.5) is 17.1 Å². The number of amides is 3. The summed E-state index contributed by atoms with van der Waals surface area (Å²) in [6, 6.07) is 18.7. The van der Waals surface area contributed by atoms with Gasteiger partial charge in [-0.25, -0.2) is 0 Å². The number of halogens is 1. The predicted molar refractivity (Wildman–Crippen MR) is 136 cm³/mol. The van der Waals surface area contributed by atoms with E-state index in [1.54, 1.807) is 54.6 Å². The Hall–Kier alpha value is -3.90. The number of hydrogen-bond donors (Lipinski definition) is 2. The molecule has 3 aromatic rings. The summed E-state index contributed by atoms with van der Waals surface area (Å²) < 4.78 is 0. The third-order valence-electron chi connectivity index (χ3n) is 5.73. The van der Waals surface area contributed by atoms with Crippen molar-refractivity contribution in [1.29, 1.82) is 0 Å². The minimum absolute atomic E-state index is 0.187. The summed E-state index contributed by atoms with van der Waals surface area (Å²) >= 11 is 5.93. The number of anilines is 3. The number of nitrogens with zero attached hydrogens (tertiary/aromatic N) is 1. The van der Waals surface area contributed by atoms with Gasteiger partial charge in [-0.2, -0.15) is 0 Å². The van der Waals surface area contributed by atoms with E-state index < -0.39 is 17.9 Å². The molecule has 7 heteroatoms. The molecule has 0 fully saturated rings. The Bertz CT molecular complexity index is 1280. The molecule has 0 spiro atoms. The van der Waals surface area contributed by atoms with Crippen LogP contribution in [0.15, 0.2) is 72.8 Å². The third-order valence-corrected chi connectivity index (χ3v) is 5.98. The van der Waals surface area contributed by atoms with Crippen LogP contribution in [-0.2, 0) is 14.4 Å². The predicted octanol–water partition coefficient (Wildman–Crippen LogP) is 5.35. The lowest BCUT2D eigenvalue weighted by molar-refractivity contribution is -0.124. The SMILES string of the molecule is Cc1ccc(NC(=O)C[C@@H]2C(=O)Nc3ccccc3N2C(=O)/C=C/c2ccc(Cl)cc2)cc1C. The van der Waals surface area contributed by atoms with E-state index in [1.165, 1.54) is 11.0 Å². The van der Waals surface area contributed by atoms with Gasteiger partial charge in [0.1, 0.15) is 6.04 Å². The van der Waals surface area contributed by atoms with Crippen LogP contribution < -0.4 is 15.5 Å². The zero-order valence-electron chi connectivity index (χ0n) is 18.8. The summed E-state index contributed by atoms with van der Waals surface area (Å²) in [6.45, 7) is 3.95. The molecule has 0 saturated carbocycles. The maximum absolute atomic E-state index is 13.3. The summed E-state index contributed by atoms with van der Waals surface area (Å²) in [5, 5.41) is 6.24. The van der Waals surface area contributed by atoms with Crippen molar-refractivity contribution in [3.05, 3.63) is 94.5 Å². The van der Waals surface area contributed by atoms with E-state index in [0.29, 0.717) is 22.1 Å². The number of fused-ring (bicyclic) bond motifs is 1. The first-order valence-electron chi connectivity index (χ1n) is 10.9. The van der Waals surface area contributed by atoms with Crippen LogP contribution in [0.5, 0.6) is 0 Å². The highest BCUT2D eigenvalue weighted by Crippen LogP contribution is 2.33. The molecule has 0 aliphatic carbocycles. The molecule has 1 atom stereocenters. The van der Waals surface area contributed by atoms with Gasteiger partial charge in [0, 0.05) is 16.8 Å². The molecule has 3 amide bonds. The topological polar surface area (TPSA) is 78.5 Å². The van der Waals surface area contributed by atoms with Gasteiger partial charge in [-0.3, -0.25) is 19.3 Å². The molecule has 0 radical (unpaired) electrons. The quantitative estimate of drug-likeness (QED) is 0.490. The monoisotopic (exact) mass is 473 g/mol. The van der Waals surface area contributed by atoms with Gasteiger partial charge in [0.2, 0.25) is 11.8 Å². The molecule has 1 aliphatic heterocycles. The second-order valence-corrected chi connectivity index (χ2v) is 8.60. The Morgan fingerprint density at radius 1 is 1.03 bits per heavy atom. The van der Waals surface area contributed by atoms with Gasteiger partial charge in [0.25, 0.3) is 5.91 Å². The van der Waals surface area contributed by atoms with E-state index in [2.05, 4.69) is 10.6 Å². The molecule has 0 saturated heterocycles. The maximum atomic E-state index is 13.3. The van der Waals surface area contributed by atoms with Gasteiger partial charge in [-0.1, -0.05) is 41.9 Å². The van der Waals surface area contributed by atoms with Crippen molar-refractivity contribution in [3.63, 3.8) is 0 Å². The maximum Gasteiger partial charge on any atom is 0.251 e. The number of benzene rings is 3. The number of para-hydroxylation sites is 2. The Kier molecular flexibility index (Phi) is 6.80. The van der Waals surface area contributed by atoms with E-state index in [0.717, 1.165) is 16.7 Å². The molecule has 2 N–H and O–H groups in total. The number of carbonyl (C=O) groups excluding carboxylic acids is 3. The Balaban J connectivity index is 1.59. The van der Waals surface area contributed by atoms with E-state index in [1.807, 2.05) is 32.0 Å². The average Bonchev–Trinajstić information content (AvgIpc) is 2.81. The molecular formula is C27H24ClN3O3.